The lowest BCUT2D eigenvalue weighted by molar-refractivity contribution is 0.245. The van der Waals surface area contributed by atoms with E-state index in [4.69, 9.17) is 10.6 Å². The molecule has 2 unspecified atom stereocenters. The van der Waals surface area contributed by atoms with Gasteiger partial charge in [-0.3, -0.25) is 11.3 Å². The maximum atomic E-state index is 5.76. The minimum Gasteiger partial charge on any atom is -0.493 e. The zero-order valence-corrected chi connectivity index (χ0v) is 11.4. The van der Waals surface area contributed by atoms with Crippen molar-refractivity contribution in [3.63, 3.8) is 0 Å². The third kappa shape index (κ3) is 2.63. The molecule has 3 rings (SSSR count). The fourth-order valence-corrected chi connectivity index (χ4v) is 3.32. The van der Waals surface area contributed by atoms with E-state index >= 15 is 0 Å². The van der Waals surface area contributed by atoms with E-state index in [0.29, 0.717) is 5.92 Å². The third-order valence-electron chi connectivity index (χ3n) is 3.58. The standard InChI is InChI=1S/C14H17N3OS/c15-17-12(9-14-16-6-8-19-14)10-5-7-18-13-4-2-1-3-11(10)13/h1-4,6,8,10,12,17H,5,7,9,15H2. The Labute approximate surface area is 116 Å². The highest BCUT2D eigenvalue weighted by Crippen LogP contribution is 2.36. The van der Waals surface area contributed by atoms with Crippen molar-refractivity contribution in [1.82, 2.24) is 10.4 Å². The zero-order chi connectivity index (χ0) is 13.1. The summed E-state index contributed by atoms with van der Waals surface area (Å²) in [7, 11) is 0. The topological polar surface area (TPSA) is 60.2 Å². The second kappa shape index (κ2) is 5.69. The van der Waals surface area contributed by atoms with Gasteiger partial charge in [-0.15, -0.1) is 11.3 Å². The van der Waals surface area contributed by atoms with E-state index in [1.165, 1.54) is 5.56 Å². The number of hydrogen-bond donors (Lipinski definition) is 2. The predicted octanol–water partition coefficient (Wildman–Crippen LogP) is 2.08. The lowest BCUT2D eigenvalue weighted by Crippen LogP contribution is -2.42. The first kappa shape index (κ1) is 12.6. The average Bonchev–Trinajstić information content (AvgIpc) is 2.97. The van der Waals surface area contributed by atoms with Crippen LogP contribution in [0.15, 0.2) is 35.8 Å². The van der Waals surface area contributed by atoms with Crippen molar-refractivity contribution in [2.45, 2.75) is 24.8 Å². The average molecular weight is 275 g/mol. The van der Waals surface area contributed by atoms with Gasteiger partial charge in [-0.25, -0.2) is 4.98 Å². The second-order valence-electron chi connectivity index (χ2n) is 4.68. The molecule has 0 aliphatic carbocycles. The van der Waals surface area contributed by atoms with Gasteiger partial charge in [0, 0.05) is 30.0 Å². The Morgan fingerprint density at radius 1 is 1.47 bits per heavy atom. The number of hydrazine groups is 1. The van der Waals surface area contributed by atoms with Crippen LogP contribution in [0.5, 0.6) is 5.75 Å². The highest BCUT2D eigenvalue weighted by Gasteiger charge is 2.28. The number of benzene rings is 1. The van der Waals surface area contributed by atoms with E-state index in [2.05, 4.69) is 22.5 Å². The molecule has 0 radical (unpaired) electrons. The fraction of sp³-hybridized carbons (Fsp3) is 0.357. The molecule has 0 saturated heterocycles. The van der Waals surface area contributed by atoms with Gasteiger partial charge in [0.1, 0.15) is 5.75 Å². The lowest BCUT2D eigenvalue weighted by atomic mass is 9.85. The second-order valence-corrected chi connectivity index (χ2v) is 5.66. The minimum absolute atomic E-state index is 0.191. The van der Waals surface area contributed by atoms with Gasteiger partial charge in [-0.05, 0) is 18.1 Å². The maximum absolute atomic E-state index is 5.76. The zero-order valence-electron chi connectivity index (χ0n) is 10.6. The first-order valence-electron chi connectivity index (χ1n) is 6.44. The summed E-state index contributed by atoms with van der Waals surface area (Å²) in [6.45, 7) is 0.748. The number of aromatic nitrogens is 1. The number of hydrogen-bond acceptors (Lipinski definition) is 5. The first-order valence-corrected chi connectivity index (χ1v) is 7.32. The molecule has 0 spiro atoms. The number of rotatable bonds is 4. The highest BCUT2D eigenvalue weighted by molar-refractivity contribution is 7.09. The molecule has 0 amide bonds. The number of nitrogens with two attached hydrogens (primary N) is 1. The van der Waals surface area contributed by atoms with Crippen LogP contribution in [0, 0.1) is 0 Å². The summed E-state index contributed by atoms with van der Waals surface area (Å²) in [5.41, 5.74) is 4.21. The number of ether oxygens (including phenoxy) is 1. The molecule has 0 saturated carbocycles. The highest BCUT2D eigenvalue weighted by atomic mass is 32.1. The van der Waals surface area contributed by atoms with Crippen LogP contribution in [0.3, 0.4) is 0 Å². The summed E-state index contributed by atoms with van der Waals surface area (Å²) >= 11 is 1.67. The summed E-state index contributed by atoms with van der Waals surface area (Å²) in [6.07, 6.45) is 3.68. The molecule has 1 aliphatic rings. The van der Waals surface area contributed by atoms with Gasteiger partial charge in [0.15, 0.2) is 0 Å². The van der Waals surface area contributed by atoms with Gasteiger partial charge in [-0.1, -0.05) is 18.2 Å². The van der Waals surface area contributed by atoms with Crippen LogP contribution >= 0.6 is 11.3 Å². The molecule has 2 atom stereocenters. The lowest BCUT2D eigenvalue weighted by Gasteiger charge is -2.31. The number of nitrogens with one attached hydrogen (secondary N) is 1. The molecule has 19 heavy (non-hydrogen) atoms. The molecule has 5 heteroatoms. The van der Waals surface area contributed by atoms with Crippen molar-refractivity contribution in [2.24, 2.45) is 5.84 Å². The van der Waals surface area contributed by atoms with Gasteiger partial charge in [-0.2, -0.15) is 0 Å². The Morgan fingerprint density at radius 2 is 2.37 bits per heavy atom. The van der Waals surface area contributed by atoms with Crippen LogP contribution in [-0.4, -0.2) is 17.6 Å². The molecule has 2 aromatic rings. The summed E-state index contributed by atoms with van der Waals surface area (Å²) in [4.78, 5) is 4.35. The SMILES string of the molecule is NNC(Cc1nccs1)C1CCOc2ccccc21. The Kier molecular flexibility index (Phi) is 3.77. The Bertz CT molecular complexity index is 529. The van der Waals surface area contributed by atoms with Gasteiger partial charge >= 0.3 is 0 Å². The molecule has 2 heterocycles. The van der Waals surface area contributed by atoms with E-state index in [9.17, 15) is 0 Å². The fourth-order valence-electron chi connectivity index (χ4n) is 2.65. The number of nitrogens with zero attached hydrogens (tertiary/aromatic N) is 1. The van der Waals surface area contributed by atoms with E-state index in [1.807, 2.05) is 23.7 Å². The van der Waals surface area contributed by atoms with Gasteiger partial charge in [0.2, 0.25) is 0 Å². The largest absolute Gasteiger partial charge is 0.493 e. The van der Waals surface area contributed by atoms with Crippen molar-refractivity contribution in [3.8, 4) is 5.75 Å². The molecule has 1 aromatic carbocycles. The Hall–Kier alpha value is -1.43. The van der Waals surface area contributed by atoms with Crippen molar-refractivity contribution < 1.29 is 4.74 Å². The Balaban J connectivity index is 1.84. The molecule has 1 aromatic heterocycles. The first-order chi connectivity index (χ1) is 9.38. The monoisotopic (exact) mass is 275 g/mol. The molecule has 1 aliphatic heterocycles. The van der Waals surface area contributed by atoms with Crippen LogP contribution in [0.2, 0.25) is 0 Å². The third-order valence-corrected chi connectivity index (χ3v) is 4.38. The van der Waals surface area contributed by atoms with Crippen LogP contribution in [-0.2, 0) is 6.42 Å². The summed E-state index contributed by atoms with van der Waals surface area (Å²) in [6, 6.07) is 8.41. The van der Waals surface area contributed by atoms with Crippen molar-refractivity contribution in [1.29, 1.82) is 0 Å². The predicted molar refractivity (Wildman–Crippen MR) is 76.2 cm³/mol. The normalized spacial score (nSPS) is 19.5. The van der Waals surface area contributed by atoms with Crippen LogP contribution in [0.4, 0.5) is 0 Å². The number of fused-ring (bicyclic) bond motifs is 1. The van der Waals surface area contributed by atoms with Gasteiger partial charge in [0.05, 0.1) is 11.6 Å². The number of thiazole rings is 1. The quantitative estimate of drug-likeness (QED) is 0.662. The van der Waals surface area contributed by atoms with E-state index in [-0.39, 0.29) is 6.04 Å². The van der Waals surface area contributed by atoms with Crippen LogP contribution < -0.4 is 16.0 Å². The summed E-state index contributed by atoms with van der Waals surface area (Å²) < 4.78 is 5.70. The number of para-hydroxylation sites is 1. The molecule has 0 fully saturated rings. The molecule has 100 valence electrons. The van der Waals surface area contributed by atoms with Gasteiger partial charge < -0.3 is 4.74 Å². The van der Waals surface area contributed by atoms with E-state index < -0.39 is 0 Å². The van der Waals surface area contributed by atoms with Crippen molar-refractivity contribution >= 4 is 11.3 Å². The molecule has 0 bridgehead atoms. The summed E-state index contributed by atoms with van der Waals surface area (Å²) in [5.74, 6) is 7.12. The van der Waals surface area contributed by atoms with Crippen LogP contribution in [0.25, 0.3) is 0 Å². The molecule has 4 nitrogen and oxygen atoms in total. The van der Waals surface area contributed by atoms with Crippen molar-refractivity contribution in [3.05, 3.63) is 46.4 Å². The smallest absolute Gasteiger partial charge is 0.122 e. The van der Waals surface area contributed by atoms with E-state index in [1.54, 1.807) is 11.3 Å². The van der Waals surface area contributed by atoms with E-state index in [0.717, 1.165) is 30.2 Å². The van der Waals surface area contributed by atoms with Crippen molar-refractivity contribution in [2.75, 3.05) is 6.61 Å². The molecular formula is C14H17N3OS. The summed E-state index contributed by atoms with van der Waals surface area (Å²) in [5, 5.41) is 3.12. The maximum Gasteiger partial charge on any atom is 0.122 e. The Morgan fingerprint density at radius 3 is 3.16 bits per heavy atom. The molecule has 3 N–H and O–H groups in total. The van der Waals surface area contributed by atoms with Crippen LogP contribution in [0.1, 0.15) is 22.9 Å². The molecular weight excluding hydrogens is 258 g/mol. The van der Waals surface area contributed by atoms with Gasteiger partial charge in [0.25, 0.3) is 0 Å². The minimum atomic E-state index is 0.191.